The lowest BCUT2D eigenvalue weighted by Gasteiger charge is -2.15. The molecule has 0 rings (SSSR count). The van der Waals surface area contributed by atoms with Gasteiger partial charge in [-0.25, -0.2) is 4.79 Å². The van der Waals surface area contributed by atoms with Crippen molar-refractivity contribution in [3.05, 3.63) is 0 Å². The summed E-state index contributed by atoms with van der Waals surface area (Å²) in [5, 5.41) is 30.9. The van der Waals surface area contributed by atoms with Crippen LogP contribution in [0.25, 0.3) is 0 Å². The van der Waals surface area contributed by atoms with Gasteiger partial charge >= 0.3 is 11.9 Å². The number of ether oxygens (including phenoxy) is 4. The van der Waals surface area contributed by atoms with E-state index >= 15 is 0 Å². The van der Waals surface area contributed by atoms with E-state index in [-0.39, 0.29) is 109 Å². The number of carboxylic acid groups (broad SMARTS) is 2. The number of unbranched alkanes of at least 4 members (excludes halogenated alkanes) is 1. The summed E-state index contributed by atoms with van der Waals surface area (Å²) in [7, 11) is 0. The molecule has 0 aliphatic rings. The van der Waals surface area contributed by atoms with Gasteiger partial charge < -0.3 is 61.5 Å². The quantitative estimate of drug-likeness (QED) is 0.0340. The Labute approximate surface area is 286 Å². The Morgan fingerprint density at radius 2 is 1.02 bits per heavy atom. The van der Waals surface area contributed by atoms with Gasteiger partial charge in [0.25, 0.3) is 0 Å². The molecule has 0 radical (unpaired) electrons. The Balaban J connectivity index is 3.69. The molecule has 2 unspecified atom stereocenters. The molecule has 19 nitrogen and oxygen atoms in total. The Morgan fingerprint density at radius 3 is 1.57 bits per heavy atom. The molecular formula is C30H54N6O13. The SMILES string of the molecule is CCCCNC(=O)COCCOCCNC(=O)COCCOCCNC(=O)CCCNC(=O)CCC(NC(=O)CCC(N)C(=O)O)C(=O)O. The minimum Gasteiger partial charge on any atom is -0.480 e. The molecule has 0 aliphatic heterocycles. The second-order valence-electron chi connectivity index (χ2n) is 10.7. The van der Waals surface area contributed by atoms with Crippen LogP contribution in [0.4, 0.5) is 0 Å². The minimum absolute atomic E-state index is 0.0171. The van der Waals surface area contributed by atoms with Crippen LogP contribution in [0, 0.1) is 0 Å². The molecule has 282 valence electrons. The molecule has 0 aromatic heterocycles. The first-order chi connectivity index (χ1) is 23.5. The molecule has 9 N–H and O–H groups in total. The van der Waals surface area contributed by atoms with Crippen molar-refractivity contribution in [3.8, 4) is 0 Å². The fourth-order valence-electron chi connectivity index (χ4n) is 3.66. The van der Waals surface area contributed by atoms with Crippen LogP contribution in [0.3, 0.4) is 0 Å². The maximum absolute atomic E-state index is 12.0. The summed E-state index contributed by atoms with van der Waals surface area (Å²) in [5.41, 5.74) is 5.32. The highest BCUT2D eigenvalue weighted by molar-refractivity contribution is 5.85. The number of hydrogen-bond donors (Lipinski definition) is 8. The Morgan fingerprint density at radius 1 is 0.551 bits per heavy atom. The number of rotatable bonds is 32. The first kappa shape index (κ1) is 45.1. The summed E-state index contributed by atoms with van der Waals surface area (Å²) < 4.78 is 21.1. The second-order valence-corrected chi connectivity index (χ2v) is 10.7. The standard InChI is InChI=1S/C30H54N6O13/c1-2-3-10-33-27(40)20-48-18-17-47-15-13-35-28(41)21-49-19-16-46-14-12-34-24(37)5-4-11-32-25(38)9-7-23(30(44)45)36-26(39)8-6-22(31)29(42)43/h22-23H,2-21,31H2,1H3,(H,32,38)(H,33,40)(H,34,37)(H,35,41)(H,36,39)(H,42,43)(H,44,45). The van der Waals surface area contributed by atoms with Gasteiger partial charge in [0.05, 0.1) is 39.6 Å². The fraction of sp³-hybridized carbons (Fsp3) is 0.767. The lowest BCUT2D eigenvalue weighted by atomic mass is 10.1. The van der Waals surface area contributed by atoms with E-state index in [0.29, 0.717) is 26.1 Å². The highest BCUT2D eigenvalue weighted by Crippen LogP contribution is 2.02. The molecule has 2 atom stereocenters. The predicted octanol–water partition coefficient (Wildman–Crippen LogP) is -2.36. The summed E-state index contributed by atoms with van der Waals surface area (Å²) in [6.07, 6.45) is 1.63. The second kappa shape index (κ2) is 30.2. The molecule has 0 saturated heterocycles. The van der Waals surface area contributed by atoms with Gasteiger partial charge in [-0.15, -0.1) is 0 Å². The molecule has 0 aromatic carbocycles. The highest BCUT2D eigenvalue weighted by atomic mass is 16.5. The molecule has 0 aliphatic carbocycles. The topological polar surface area (TPSA) is 283 Å². The number of carboxylic acids is 2. The van der Waals surface area contributed by atoms with Crippen LogP contribution in [0.15, 0.2) is 0 Å². The van der Waals surface area contributed by atoms with E-state index in [1.165, 1.54) is 0 Å². The van der Waals surface area contributed by atoms with Crippen molar-refractivity contribution >= 4 is 41.5 Å². The molecular weight excluding hydrogens is 652 g/mol. The summed E-state index contributed by atoms with van der Waals surface area (Å²) >= 11 is 0. The van der Waals surface area contributed by atoms with Gasteiger partial charge in [-0.3, -0.25) is 28.8 Å². The van der Waals surface area contributed by atoms with Crippen LogP contribution in [0.1, 0.15) is 58.3 Å². The van der Waals surface area contributed by atoms with Gasteiger partial charge in [0.1, 0.15) is 25.3 Å². The van der Waals surface area contributed by atoms with Crippen LogP contribution in [0.2, 0.25) is 0 Å². The molecule has 0 bridgehead atoms. The molecule has 5 amide bonds. The third-order valence-corrected chi connectivity index (χ3v) is 6.40. The highest BCUT2D eigenvalue weighted by Gasteiger charge is 2.22. The van der Waals surface area contributed by atoms with E-state index in [4.69, 9.17) is 29.8 Å². The number of hydrogen-bond acceptors (Lipinski definition) is 12. The number of nitrogens with one attached hydrogen (secondary N) is 5. The van der Waals surface area contributed by atoms with Crippen LogP contribution in [-0.4, -0.2) is 143 Å². The van der Waals surface area contributed by atoms with Gasteiger partial charge in [-0.2, -0.15) is 0 Å². The van der Waals surface area contributed by atoms with Gasteiger partial charge in [-0.1, -0.05) is 13.3 Å². The molecule has 0 saturated carbocycles. The van der Waals surface area contributed by atoms with Crippen LogP contribution < -0.4 is 32.3 Å². The molecule has 49 heavy (non-hydrogen) atoms. The van der Waals surface area contributed by atoms with Crippen molar-refractivity contribution in [2.75, 3.05) is 79.0 Å². The van der Waals surface area contributed by atoms with E-state index in [0.717, 1.165) is 12.8 Å². The van der Waals surface area contributed by atoms with Crippen LogP contribution >= 0.6 is 0 Å². The minimum atomic E-state index is -1.33. The Hall–Kier alpha value is -3.91. The predicted molar refractivity (Wildman–Crippen MR) is 173 cm³/mol. The third-order valence-electron chi connectivity index (χ3n) is 6.40. The van der Waals surface area contributed by atoms with Crippen molar-refractivity contribution in [3.63, 3.8) is 0 Å². The molecule has 0 aromatic rings. The first-order valence-electron chi connectivity index (χ1n) is 16.3. The summed E-state index contributed by atoms with van der Waals surface area (Å²) in [6, 6.07) is -2.57. The molecule has 0 fully saturated rings. The van der Waals surface area contributed by atoms with Crippen molar-refractivity contribution in [2.45, 2.75) is 70.4 Å². The number of nitrogens with two attached hydrogens (primary N) is 1. The van der Waals surface area contributed by atoms with Gasteiger partial charge in [0.2, 0.25) is 29.5 Å². The molecule has 0 heterocycles. The average Bonchev–Trinajstić information content (AvgIpc) is 3.06. The maximum Gasteiger partial charge on any atom is 0.326 e. The Bertz CT molecular complexity index is 1000. The maximum atomic E-state index is 12.0. The largest absolute Gasteiger partial charge is 0.480 e. The summed E-state index contributed by atoms with van der Waals surface area (Å²) in [6.45, 7) is 4.75. The van der Waals surface area contributed by atoms with E-state index in [1.807, 2.05) is 6.92 Å². The normalized spacial score (nSPS) is 12.0. The molecule has 0 spiro atoms. The zero-order valence-corrected chi connectivity index (χ0v) is 28.3. The number of carbonyl (C=O) groups excluding carboxylic acids is 5. The molecule has 19 heteroatoms. The zero-order valence-electron chi connectivity index (χ0n) is 28.3. The number of carbonyl (C=O) groups is 7. The van der Waals surface area contributed by atoms with Gasteiger partial charge in [0.15, 0.2) is 0 Å². The van der Waals surface area contributed by atoms with Gasteiger partial charge in [-0.05, 0) is 25.7 Å². The fourth-order valence-corrected chi connectivity index (χ4v) is 3.66. The van der Waals surface area contributed by atoms with Crippen LogP contribution in [-0.2, 0) is 52.5 Å². The lowest BCUT2D eigenvalue weighted by molar-refractivity contribution is -0.142. The van der Waals surface area contributed by atoms with E-state index in [1.54, 1.807) is 0 Å². The van der Waals surface area contributed by atoms with E-state index in [9.17, 15) is 38.7 Å². The Kier molecular flexibility index (Phi) is 27.8. The van der Waals surface area contributed by atoms with Crippen molar-refractivity contribution in [2.24, 2.45) is 5.73 Å². The van der Waals surface area contributed by atoms with E-state index in [2.05, 4.69) is 26.6 Å². The first-order valence-corrected chi connectivity index (χ1v) is 16.3. The summed E-state index contributed by atoms with van der Waals surface area (Å²) in [4.78, 5) is 81.2. The smallest absolute Gasteiger partial charge is 0.326 e. The average molecular weight is 707 g/mol. The van der Waals surface area contributed by atoms with Crippen molar-refractivity contribution in [1.29, 1.82) is 0 Å². The van der Waals surface area contributed by atoms with Crippen molar-refractivity contribution in [1.82, 2.24) is 26.6 Å². The monoisotopic (exact) mass is 706 g/mol. The number of amides is 5. The van der Waals surface area contributed by atoms with E-state index < -0.39 is 35.8 Å². The summed E-state index contributed by atoms with van der Waals surface area (Å²) in [5.74, 6) is -4.46. The van der Waals surface area contributed by atoms with Crippen LogP contribution in [0.5, 0.6) is 0 Å². The number of aliphatic carboxylic acids is 2. The lowest BCUT2D eigenvalue weighted by Crippen LogP contribution is -2.42. The van der Waals surface area contributed by atoms with Crippen molar-refractivity contribution < 1.29 is 62.7 Å². The van der Waals surface area contributed by atoms with Gasteiger partial charge in [0, 0.05) is 45.4 Å². The zero-order chi connectivity index (χ0) is 36.7. The third kappa shape index (κ3) is 28.8.